The Kier molecular flexibility index (Phi) is 7.75. The number of carbonyl (C=O) groups excluding carboxylic acids is 2. The topological polar surface area (TPSA) is 52.6 Å². The molecular weight excluding hydrogens is 352 g/mol. The summed E-state index contributed by atoms with van der Waals surface area (Å²) >= 11 is 0. The molecule has 0 aromatic heterocycles. The smallest absolute Gasteiger partial charge is 0.302 e. The molecule has 4 atom stereocenters. The fourth-order valence-corrected chi connectivity index (χ4v) is 5.87. The fourth-order valence-electron chi connectivity index (χ4n) is 5.87. The van der Waals surface area contributed by atoms with E-state index in [-0.39, 0.29) is 17.4 Å². The zero-order valence-electron chi connectivity index (χ0n) is 18.8. The molecule has 0 aromatic carbocycles. The molecule has 4 heteroatoms. The van der Waals surface area contributed by atoms with Crippen LogP contribution >= 0.6 is 0 Å². The molecule has 2 rings (SSSR count). The molecule has 2 aliphatic carbocycles. The van der Waals surface area contributed by atoms with Crippen LogP contribution in [0.5, 0.6) is 0 Å². The van der Waals surface area contributed by atoms with Crippen LogP contribution in [0.1, 0.15) is 86.5 Å². The second kappa shape index (κ2) is 9.45. The molecule has 0 amide bonds. The summed E-state index contributed by atoms with van der Waals surface area (Å²) < 4.78 is 10.5. The summed E-state index contributed by atoms with van der Waals surface area (Å²) in [5.41, 5.74) is 1.94. The second-order valence-electron chi connectivity index (χ2n) is 10.1. The van der Waals surface area contributed by atoms with E-state index in [0.717, 1.165) is 25.7 Å². The minimum atomic E-state index is -0.203. The number of carbonyl (C=O) groups is 2. The fraction of sp³-hybridized carbons (Fsp3) is 0.833. The van der Waals surface area contributed by atoms with Crippen LogP contribution in [-0.4, -0.2) is 25.2 Å². The summed E-state index contributed by atoms with van der Waals surface area (Å²) in [7, 11) is 0. The molecule has 4 nitrogen and oxygen atoms in total. The van der Waals surface area contributed by atoms with Crippen molar-refractivity contribution in [2.75, 3.05) is 13.2 Å². The maximum atomic E-state index is 11.4. The van der Waals surface area contributed by atoms with Gasteiger partial charge in [-0.05, 0) is 72.7 Å². The van der Waals surface area contributed by atoms with Crippen molar-refractivity contribution in [2.45, 2.75) is 86.5 Å². The highest BCUT2D eigenvalue weighted by atomic mass is 16.5. The van der Waals surface area contributed by atoms with Gasteiger partial charge in [0.2, 0.25) is 0 Å². The Hall–Kier alpha value is -1.32. The highest BCUT2D eigenvalue weighted by Gasteiger charge is 2.52. The lowest BCUT2D eigenvalue weighted by molar-refractivity contribution is -0.142. The number of fused-ring (bicyclic) bond motifs is 1. The predicted molar refractivity (Wildman–Crippen MR) is 112 cm³/mol. The third-order valence-electron chi connectivity index (χ3n) is 7.44. The number of allylic oxidation sites excluding steroid dienone is 1. The van der Waals surface area contributed by atoms with Gasteiger partial charge >= 0.3 is 11.9 Å². The zero-order chi connectivity index (χ0) is 20.9. The molecule has 0 aliphatic heterocycles. The lowest BCUT2D eigenvalue weighted by Crippen LogP contribution is -2.49. The molecule has 28 heavy (non-hydrogen) atoms. The summed E-state index contributed by atoms with van der Waals surface area (Å²) in [5.74, 6) is 1.24. The molecule has 1 saturated carbocycles. The number of rotatable bonds is 8. The van der Waals surface area contributed by atoms with Gasteiger partial charge in [0, 0.05) is 13.8 Å². The van der Waals surface area contributed by atoms with Crippen LogP contribution in [0.2, 0.25) is 0 Å². The van der Waals surface area contributed by atoms with E-state index in [9.17, 15) is 9.59 Å². The van der Waals surface area contributed by atoms with Crippen molar-refractivity contribution in [3.05, 3.63) is 11.6 Å². The van der Waals surface area contributed by atoms with Crippen LogP contribution in [0.15, 0.2) is 11.6 Å². The number of hydrogen-bond acceptors (Lipinski definition) is 4. The monoisotopic (exact) mass is 392 g/mol. The number of hydrogen-bond donors (Lipinski definition) is 0. The summed E-state index contributed by atoms with van der Waals surface area (Å²) in [4.78, 5) is 22.4. The molecule has 0 saturated heterocycles. The van der Waals surface area contributed by atoms with Gasteiger partial charge in [-0.15, -0.1) is 0 Å². The first-order valence-corrected chi connectivity index (χ1v) is 11.0. The Morgan fingerprint density at radius 2 is 1.79 bits per heavy atom. The van der Waals surface area contributed by atoms with Crippen molar-refractivity contribution in [3.8, 4) is 0 Å². The summed E-state index contributed by atoms with van der Waals surface area (Å²) in [5, 5.41) is 0. The minimum Gasteiger partial charge on any atom is -0.466 e. The van der Waals surface area contributed by atoms with Crippen molar-refractivity contribution >= 4 is 11.9 Å². The van der Waals surface area contributed by atoms with Crippen molar-refractivity contribution in [2.24, 2.45) is 28.6 Å². The van der Waals surface area contributed by atoms with Gasteiger partial charge in [-0.1, -0.05) is 40.2 Å². The summed E-state index contributed by atoms with van der Waals surface area (Å²) in [6, 6.07) is 0. The second-order valence-corrected chi connectivity index (χ2v) is 10.1. The first-order chi connectivity index (χ1) is 13.1. The molecule has 0 spiro atoms. The van der Waals surface area contributed by atoms with Crippen LogP contribution in [0.3, 0.4) is 0 Å². The van der Waals surface area contributed by atoms with Crippen molar-refractivity contribution < 1.29 is 19.1 Å². The molecule has 160 valence electrons. The Balaban J connectivity index is 2.11. The third-order valence-corrected chi connectivity index (χ3v) is 7.44. The largest absolute Gasteiger partial charge is 0.466 e. The lowest BCUT2D eigenvalue weighted by Gasteiger charge is -2.57. The third kappa shape index (κ3) is 5.61. The number of esters is 2. The maximum absolute atomic E-state index is 11.4. The van der Waals surface area contributed by atoms with Gasteiger partial charge in [-0.3, -0.25) is 9.59 Å². The van der Waals surface area contributed by atoms with E-state index in [0.29, 0.717) is 36.4 Å². The summed E-state index contributed by atoms with van der Waals surface area (Å²) in [6.07, 6.45) is 10.4. The van der Waals surface area contributed by atoms with E-state index in [4.69, 9.17) is 9.47 Å². The van der Waals surface area contributed by atoms with E-state index in [1.807, 2.05) is 0 Å². The molecule has 0 heterocycles. The Morgan fingerprint density at radius 1 is 1.11 bits per heavy atom. The molecule has 0 bridgehead atoms. The van der Waals surface area contributed by atoms with E-state index in [2.05, 4.69) is 33.8 Å². The van der Waals surface area contributed by atoms with Crippen LogP contribution < -0.4 is 0 Å². The molecule has 1 fully saturated rings. The highest BCUT2D eigenvalue weighted by molar-refractivity contribution is 5.66. The zero-order valence-corrected chi connectivity index (χ0v) is 18.8. The van der Waals surface area contributed by atoms with Gasteiger partial charge in [-0.25, -0.2) is 0 Å². The van der Waals surface area contributed by atoms with E-state index < -0.39 is 0 Å². The van der Waals surface area contributed by atoms with Crippen LogP contribution in [0.4, 0.5) is 0 Å². The SMILES string of the molecule is CC(=O)OCC[C@@H](C)CC[C@H]1C(COC(C)=O)=CC[C@H]2C(C)(C)CCC[C@]12C. The Labute approximate surface area is 171 Å². The van der Waals surface area contributed by atoms with Crippen molar-refractivity contribution in [1.82, 2.24) is 0 Å². The van der Waals surface area contributed by atoms with Gasteiger partial charge in [0.25, 0.3) is 0 Å². The minimum absolute atomic E-state index is 0.203. The Bertz CT molecular complexity index is 591. The van der Waals surface area contributed by atoms with E-state index in [1.165, 1.54) is 38.7 Å². The first-order valence-electron chi connectivity index (χ1n) is 11.0. The van der Waals surface area contributed by atoms with Crippen molar-refractivity contribution in [3.63, 3.8) is 0 Å². The lowest BCUT2D eigenvalue weighted by atomic mass is 9.48. The molecule has 0 N–H and O–H groups in total. The molecule has 0 radical (unpaired) electrons. The average molecular weight is 393 g/mol. The summed E-state index contributed by atoms with van der Waals surface area (Å²) in [6.45, 7) is 13.5. The highest BCUT2D eigenvalue weighted by Crippen LogP contribution is 2.60. The van der Waals surface area contributed by atoms with Gasteiger partial charge in [0.05, 0.1) is 6.61 Å². The standard InChI is InChI=1S/C24H40O4/c1-17(12-15-27-18(2)25)8-10-21-20(16-28-19(3)26)9-11-22-23(4,5)13-7-14-24(21,22)6/h9,17,21-22H,7-8,10-16H2,1-6H3/t17-,21-,22-,24+/m0/s1. The maximum Gasteiger partial charge on any atom is 0.302 e. The van der Waals surface area contributed by atoms with E-state index in [1.54, 1.807) is 0 Å². The quantitative estimate of drug-likeness (QED) is 0.393. The average Bonchev–Trinajstić information content (AvgIpc) is 2.57. The molecular formula is C24H40O4. The number of ether oxygens (including phenoxy) is 2. The van der Waals surface area contributed by atoms with Crippen molar-refractivity contribution in [1.29, 1.82) is 0 Å². The molecule has 0 aromatic rings. The van der Waals surface area contributed by atoms with Gasteiger partial charge in [0.1, 0.15) is 6.61 Å². The Morgan fingerprint density at radius 3 is 2.43 bits per heavy atom. The van der Waals surface area contributed by atoms with Gasteiger partial charge in [0.15, 0.2) is 0 Å². The molecule has 2 aliphatic rings. The normalized spacial score (nSPS) is 30.0. The van der Waals surface area contributed by atoms with Gasteiger partial charge < -0.3 is 9.47 Å². The molecule has 0 unspecified atom stereocenters. The van der Waals surface area contributed by atoms with Gasteiger partial charge in [-0.2, -0.15) is 0 Å². The van der Waals surface area contributed by atoms with Crippen LogP contribution in [0, 0.1) is 28.6 Å². The predicted octanol–water partition coefficient (Wildman–Crippen LogP) is 5.70. The van der Waals surface area contributed by atoms with Crippen LogP contribution in [0.25, 0.3) is 0 Å². The van der Waals surface area contributed by atoms with E-state index >= 15 is 0 Å². The van der Waals surface area contributed by atoms with Crippen LogP contribution in [-0.2, 0) is 19.1 Å². The first kappa shape index (κ1) is 23.0.